The largest absolute Gasteiger partial charge is 0.326 e. The highest BCUT2D eigenvalue weighted by molar-refractivity contribution is 9.10. The van der Waals surface area contributed by atoms with E-state index in [1.54, 1.807) is 18.2 Å². The molecule has 0 aromatic heterocycles. The molecular formula is C12H18BrClN2O2S. The van der Waals surface area contributed by atoms with E-state index < -0.39 is 10.0 Å². The standard InChI is InChI=1S/C12H17BrN2O2S.ClH/c1-8-2-5-10(6-11(8)13)18(16,17)15-7-12(14)9-3-4-9;/h2,5-6,9,12,15H,3-4,7,14H2,1H3;1H. The number of nitrogens with two attached hydrogens (primary N) is 1. The molecule has 19 heavy (non-hydrogen) atoms. The average Bonchev–Trinajstić information content (AvgIpc) is 3.13. The first-order valence-electron chi connectivity index (χ1n) is 5.91. The lowest BCUT2D eigenvalue weighted by atomic mass is 10.2. The highest BCUT2D eigenvalue weighted by atomic mass is 79.9. The van der Waals surface area contributed by atoms with Crippen LogP contribution in [0.25, 0.3) is 0 Å². The number of sulfonamides is 1. The number of hydrogen-bond acceptors (Lipinski definition) is 3. The van der Waals surface area contributed by atoms with E-state index in [0.717, 1.165) is 22.9 Å². The van der Waals surface area contributed by atoms with E-state index in [2.05, 4.69) is 20.7 Å². The lowest BCUT2D eigenvalue weighted by Crippen LogP contribution is -2.38. The normalized spacial score (nSPS) is 16.8. The van der Waals surface area contributed by atoms with Crippen molar-refractivity contribution in [1.29, 1.82) is 0 Å². The third kappa shape index (κ3) is 4.43. The van der Waals surface area contributed by atoms with Crippen LogP contribution in [-0.2, 0) is 10.0 Å². The lowest BCUT2D eigenvalue weighted by Gasteiger charge is -2.12. The summed E-state index contributed by atoms with van der Waals surface area (Å²) in [5.41, 5.74) is 6.89. The number of aryl methyl sites for hydroxylation is 1. The topological polar surface area (TPSA) is 72.2 Å². The Morgan fingerprint density at radius 2 is 2.11 bits per heavy atom. The zero-order valence-electron chi connectivity index (χ0n) is 10.6. The molecule has 1 aromatic rings. The van der Waals surface area contributed by atoms with Gasteiger partial charge in [-0.3, -0.25) is 0 Å². The van der Waals surface area contributed by atoms with Crippen molar-refractivity contribution in [2.45, 2.75) is 30.7 Å². The molecule has 1 fully saturated rings. The molecule has 4 nitrogen and oxygen atoms in total. The maximum atomic E-state index is 12.1. The van der Waals surface area contributed by atoms with Crippen molar-refractivity contribution in [3.05, 3.63) is 28.2 Å². The van der Waals surface area contributed by atoms with Crippen LogP contribution in [0.4, 0.5) is 0 Å². The van der Waals surface area contributed by atoms with Crippen LogP contribution < -0.4 is 10.5 Å². The molecule has 1 aliphatic carbocycles. The Balaban J connectivity index is 0.00000180. The minimum Gasteiger partial charge on any atom is -0.326 e. The second kappa shape index (κ2) is 6.54. The van der Waals surface area contributed by atoms with E-state index in [0.29, 0.717) is 12.5 Å². The molecule has 2 rings (SSSR count). The highest BCUT2D eigenvalue weighted by Gasteiger charge is 2.29. The first-order valence-corrected chi connectivity index (χ1v) is 8.19. The van der Waals surface area contributed by atoms with Gasteiger partial charge in [-0.15, -0.1) is 12.4 Å². The average molecular weight is 370 g/mol. The van der Waals surface area contributed by atoms with Crippen molar-refractivity contribution < 1.29 is 8.42 Å². The molecule has 7 heteroatoms. The fourth-order valence-electron chi connectivity index (χ4n) is 1.72. The van der Waals surface area contributed by atoms with Gasteiger partial charge in [-0.1, -0.05) is 22.0 Å². The third-order valence-corrected chi connectivity index (χ3v) is 5.47. The first-order chi connectivity index (χ1) is 8.40. The Hall–Kier alpha value is -0.140. The fraction of sp³-hybridized carbons (Fsp3) is 0.500. The van der Waals surface area contributed by atoms with Crippen LogP contribution in [0.5, 0.6) is 0 Å². The van der Waals surface area contributed by atoms with Gasteiger partial charge in [0.15, 0.2) is 0 Å². The van der Waals surface area contributed by atoms with E-state index in [9.17, 15) is 8.42 Å². The maximum Gasteiger partial charge on any atom is 0.240 e. The first kappa shape index (κ1) is 16.9. The molecule has 0 saturated heterocycles. The molecule has 0 bridgehead atoms. The lowest BCUT2D eigenvalue weighted by molar-refractivity contribution is 0.547. The van der Waals surface area contributed by atoms with Gasteiger partial charge in [0.1, 0.15) is 0 Å². The molecule has 0 aliphatic heterocycles. The van der Waals surface area contributed by atoms with Crippen LogP contribution in [0.15, 0.2) is 27.6 Å². The van der Waals surface area contributed by atoms with Gasteiger partial charge in [-0.2, -0.15) is 0 Å². The minimum absolute atomic E-state index is 0. The summed E-state index contributed by atoms with van der Waals surface area (Å²) >= 11 is 3.33. The van der Waals surface area contributed by atoms with Crippen LogP contribution in [0, 0.1) is 12.8 Å². The number of hydrogen-bond donors (Lipinski definition) is 2. The Morgan fingerprint density at radius 3 is 2.63 bits per heavy atom. The van der Waals surface area contributed by atoms with E-state index in [-0.39, 0.29) is 23.3 Å². The van der Waals surface area contributed by atoms with Crippen molar-refractivity contribution in [2.75, 3.05) is 6.54 Å². The van der Waals surface area contributed by atoms with Gasteiger partial charge >= 0.3 is 0 Å². The molecule has 0 radical (unpaired) electrons. The molecule has 1 unspecified atom stereocenters. The Bertz CT molecular complexity index is 547. The zero-order chi connectivity index (χ0) is 13.3. The summed E-state index contributed by atoms with van der Waals surface area (Å²) in [7, 11) is -3.46. The van der Waals surface area contributed by atoms with Crippen molar-refractivity contribution in [1.82, 2.24) is 4.72 Å². The molecule has 108 valence electrons. The maximum absolute atomic E-state index is 12.1. The van der Waals surface area contributed by atoms with Gasteiger partial charge in [0.25, 0.3) is 0 Å². The van der Waals surface area contributed by atoms with Crippen molar-refractivity contribution in [3.8, 4) is 0 Å². The number of halogens is 2. The predicted molar refractivity (Wildman–Crippen MR) is 82.0 cm³/mol. The molecule has 0 spiro atoms. The Labute approximate surface area is 128 Å². The SMILES string of the molecule is Cc1ccc(S(=O)(=O)NCC(N)C2CC2)cc1Br.Cl. The quantitative estimate of drug-likeness (QED) is 0.835. The van der Waals surface area contributed by atoms with Crippen molar-refractivity contribution in [2.24, 2.45) is 11.7 Å². The molecule has 0 amide bonds. The molecule has 1 aliphatic rings. The van der Waals surface area contributed by atoms with Crippen LogP contribution in [0.3, 0.4) is 0 Å². The number of benzene rings is 1. The van der Waals surface area contributed by atoms with Gasteiger partial charge in [-0.05, 0) is 43.4 Å². The Kier molecular flexibility index (Phi) is 5.82. The van der Waals surface area contributed by atoms with E-state index in [1.807, 2.05) is 6.92 Å². The molecule has 0 heterocycles. The van der Waals surface area contributed by atoms with Crippen LogP contribution in [-0.4, -0.2) is 21.0 Å². The highest BCUT2D eigenvalue weighted by Crippen LogP contribution is 2.31. The zero-order valence-corrected chi connectivity index (χ0v) is 13.8. The molecular weight excluding hydrogens is 352 g/mol. The van der Waals surface area contributed by atoms with E-state index in [4.69, 9.17) is 5.73 Å². The van der Waals surface area contributed by atoms with E-state index in [1.165, 1.54) is 0 Å². The summed E-state index contributed by atoms with van der Waals surface area (Å²) in [6.07, 6.45) is 2.22. The monoisotopic (exact) mass is 368 g/mol. The van der Waals surface area contributed by atoms with Crippen LogP contribution in [0.2, 0.25) is 0 Å². The van der Waals surface area contributed by atoms with Gasteiger partial charge in [0, 0.05) is 17.1 Å². The second-order valence-electron chi connectivity index (χ2n) is 4.76. The summed E-state index contributed by atoms with van der Waals surface area (Å²) in [6.45, 7) is 2.22. The Morgan fingerprint density at radius 1 is 1.47 bits per heavy atom. The molecule has 1 aromatic carbocycles. The molecule has 1 saturated carbocycles. The fourth-order valence-corrected chi connectivity index (χ4v) is 3.35. The van der Waals surface area contributed by atoms with E-state index >= 15 is 0 Å². The van der Waals surface area contributed by atoms with Crippen LogP contribution in [0.1, 0.15) is 18.4 Å². The number of nitrogens with one attached hydrogen (secondary N) is 1. The van der Waals surface area contributed by atoms with Gasteiger partial charge < -0.3 is 5.73 Å². The third-order valence-electron chi connectivity index (χ3n) is 3.19. The second-order valence-corrected chi connectivity index (χ2v) is 7.39. The van der Waals surface area contributed by atoms with Crippen LogP contribution >= 0.6 is 28.3 Å². The van der Waals surface area contributed by atoms with Gasteiger partial charge in [-0.25, -0.2) is 13.1 Å². The number of rotatable bonds is 5. The summed E-state index contributed by atoms with van der Waals surface area (Å²) < 4.78 is 27.5. The summed E-state index contributed by atoms with van der Waals surface area (Å²) in [6, 6.07) is 4.92. The van der Waals surface area contributed by atoms with Crippen molar-refractivity contribution in [3.63, 3.8) is 0 Å². The summed E-state index contributed by atoms with van der Waals surface area (Å²) in [4.78, 5) is 0.267. The molecule has 1 atom stereocenters. The smallest absolute Gasteiger partial charge is 0.240 e. The minimum atomic E-state index is -3.46. The van der Waals surface area contributed by atoms with Crippen molar-refractivity contribution >= 4 is 38.4 Å². The van der Waals surface area contributed by atoms with Gasteiger partial charge in [0.2, 0.25) is 10.0 Å². The molecule has 3 N–H and O–H groups in total. The summed E-state index contributed by atoms with van der Waals surface area (Å²) in [5, 5.41) is 0. The summed E-state index contributed by atoms with van der Waals surface area (Å²) in [5.74, 6) is 0.484. The predicted octanol–water partition coefficient (Wildman–Crippen LogP) is 2.19. The van der Waals surface area contributed by atoms with Gasteiger partial charge in [0.05, 0.1) is 4.90 Å².